The molecule has 0 aromatic carbocycles. The number of hydrogen-bond acceptors (Lipinski definition) is 7. The highest BCUT2D eigenvalue weighted by atomic mass is 35.5. The molecule has 1 aromatic rings. The van der Waals surface area contributed by atoms with Crippen LogP contribution in [0.15, 0.2) is 10.4 Å². The third-order valence-corrected chi connectivity index (χ3v) is 8.40. The molecule has 2 rings (SSSR count). The van der Waals surface area contributed by atoms with Crippen molar-refractivity contribution in [1.82, 2.24) is 9.29 Å². The third-order valence-electron chi connectivity index (χ3n) is 3.15. The molecule has 1 unspecified atom stereocenters. The van der Waals surface area contributed by atoms with Crippen LogP contribution in [0, 0.1) is 0 Å². The van der Waals surface area contributed by atoms with Gasteiger partial charge in [-0.2, -0.15) is 4.31 Å². The minimum atomic E-state index is -3.83. The van der Waals surface area contributed by atoms with Crippen LogP contribution in [0.4, 0.5) is 0 Å². The van der Waals surface area contributed by atoms with E-state index in [0.717, 1.165) is 11.3 Å². The molecule has 0 amide bonds. The minimum absolute atomic E-state index is 0.000115. The number of sulfonamides is 1. The summed E-state index contributed by atoms with van der Waals surface area (Å²) in [5.74, 6) is -0.164. The van der Waals surface area contributed by atoms with Gasteiger partial charge in [0.05, 0.1) is 24.3 Å². The van der Waals surface area contributed by atoms with Gasteiger partial charge in [0.2, 0.25) is 0 Å². The second-order valence-corrected chi connectivity index (χ2v) is 10.6. The average Bonchev–Trinajstić information content (AvgIpc) is 2.96. The topological polar surface area (TPSA) is 93.6 Å². The van der Waals surface area contributed by atoms with Crippen LogP contribution in [-0.4, -0.2) is 63.9 Å². The van der Waals surface area contributed by atoms with Gasteiger partial charge in [-0.25, -0.2) is 21.8 Å². The van der Waals surface area contributed by atoms with Gasteiger partial charge < -0.3 is 4.74 Å². The van der Waals surface area contributed by atoms with Gasteiger partial charge in [-0.05, 0) is 6.42 Å². The van der Waals surface area contributed by atoms with Crippen molar-refractivity contribution in [1.29, 1.82) is 0 Å². The summed E-state index contributed by atoms with van der Waals surface area (Å²) < 4.78 is 54.7. The molecule has 11 heteroatoms. The summed E-state index contributed by atoms with van der Waals surface area (Å²) in [6, 6.07) is -0.573. The van der Waals surface area contributed by atoms with Gasteiger partial charge >= 0.3 is 0 Å². The maximum absolute atomic E-state index is 12.6. The molecule has 21 heavy (non-hydrogen) atoms. The number of ether oxygens (including phenoxy) is 1. The van der Waals surface area contributed by atoms with Crippen molar-refractivity contribution >= 4 is 42.8 Å². The Balaban J connectivity index is 2.31. The van der Waals surface area contributed by atoms with E-state index in [1.807, 2.05) is 0 Å². The summed E-state index contributed by atoms with van der Waals surface area (Å²) in [6.45, 7) is 0.275. The van der Waals surface area contributed by atoms with Crippen LogP contribution in [0.25, 0.3) is 0 Å². The smallest absolute Gasteiger partial charge is 0.254 e. The zero-order chi connectivity index (χ0) is 15.7. The average molecular weight is 375 g/mol. The maximum Gasteiger partial charge on any atom is 0.254 e. The number of hydrogen-bond donors (Lipinski definition) is 0. The molecule has 1 aliphatic rings. The Morgan fingerprint density at radius 1 is 1.57 bits per heavy atom. The SMILES string of the molecule is COCCN(C1CCS(=O)(=O)C1)S(=O)(=O)c1cnc(Cl)s1. The Bertz CT molecular complexity index is 700. The standard InChI is InChI=1S/C10H15ClN2O5S3/c1-18-4-3-13(8-2-5-20(14,15)7-8)21(16,17)9-6-12-10(11)19-9/h6,8H,2-5,7H2,1H3. The number of thiazole rings is 1. The summed E-state index contributed by atoms with van der Waals surface area (Å²) >= 11 is 6.53. The third kappa shape index (κ3) is 3.93. The molecule has 1 saturated heterocycles. The molecule has 0 N–H and O–H groups in total. The number of aromatic nitrogens is 1. The van der Waals surface area contributed by atoms with Crippen LogP contribution in [0.2, 0.25) is 4.47 Å². The zero-order valence-electron chi connectivity index (χ0n) is 11.2. The van der Waals surface area contributed by atoms with E-state index in [1.54, 1.807) is 0 Å². The van der Waals surface area contributed by atoms with Crippen molar-refractivity contribution < 1.29 is 21.6 Å². The summed E-state index contributed by atoms with van der Waals surface area (Å²) in [7, 11) is -5.56. The van der Waals surface area contributed by atoms with Crippen molar-refractivity contribution in [2.45, 2.75) is 16.7 Å². The van der Waals surface area contributed by atoms with Crippen LogP contribution in [0.1, 0.15) is 6.42 Å². The predicted molar refractivity (Wildman–Crippen MR) is 80.0 cm³/mol. The van der Waals surface area contributed by atoms with Gasteiger partial charge in [-0.15, -0.1) is 0 Å². The van der Waals surface area contributed by atoms with Gasteiger partial charge in [0, 0.05) is 19.7 Å². The van der Waals surface area contributed by atoms with Gasteiger partial charge in [0.25, 0.3) is 10.0 Å². The summed E-state index contributed by atoms with van der Waals surface area (Å²) in [5.41, 5.74) is 0. The second-order valence-electron chi connectivity index (χ2n) is 4.60. The molecule has 120 valence electrons. The van der Waals surface area contributed by atoms with E-state index in [-0.39, 0.29) is 39.8 Å². The Morgan fingerprint density at radius 3 is 2.76 bits per heavy atom. The first kappa shape index (κ1) is 17.1. The normalized spacial score (nSPS) is 22.0. The molecule has 1 aromatic heterocycles. The Hall–Kier alpha value is -0.260. The fraction of sp³-hybridized carbons (Fsp3) is 0.700. The number of methoxy groups -OCH3 is 1. The number of sulfone groups is 1. The van der Waals surface area contributed by atoms with Crippen LogP contribution in [0.5, 0.6) is 0 Å². The van der Waals surface area contributed by atoms with Crippen molar-refractivity contribution in [3.8, 4) is 0 Å². The van der Waals surface area contributed by atoms with E-state index in [4.69, 9.17) is 16.3 Å². The molecule has 7 nitrogen and oxygen atoms in total. The van der Waals surface area contributed by atoms with Crippen LogP contribution < -0.4 is 0 Å². The number of nitrogens with zero attached hydrogens (tertiary/aromatic N) is 2. The highest BCUT2D eigenvalue weighted by Crippen LogP contribution is 2.29. The fourth-order valence-corrected chi connectivity index (χ4v) is 7.04. The Morgan fingerprint density at radius 2 is 2.29 bits per heavy atom. The quantitative estimate of drug-likeness (QED) is 0.724. The molecule has 2 heterocycles. The van der Waals surface area contributed by atoms with E-state index in [2.05, 4.69) is 4.98 Å². The first-order chi connectivity index (χ1) is 9.76. The van der Waals surface area contributed by atoms with Crippen LogP contribution in [-0.2, 0) is 24.6 Å². The van der Waals surface area contributed by atoms with Gasteiger partial charge in [0.1, 0.15) is 0 Å². The summed E-state index contributed by atoms with van der Waals surface area (Å²) in [4.78, 5) is 3.73. The maximum atomic E-state index is 12.6. The lowest BCUT2D eigenvalue weighted by Gasteiger charge is -2.26. The van der Waals surface area contributed by atoms with Gasteiger partial charge in [-0.3, -0.25) is 0 Å². The minimum Gasteiger partial charge on any atom is -0.383 e. The molecule has 0 bridgehead atoms. The molecule has 0 radical (unpaired) electrons. The molecule has 1 atom stereocenters. The molecule has 0 spiro atoms. The monoisotopic (exact) mass is 374 g/mol. The summed E-state index contributed by atoms with van der Waals surface area (Å²) in [5, 5.41) is 0. The first-order valence-corrected chi connectivity index (χ1v) is 10.5. The van der Waals surface area contributed by atoms with E-state index < -0.39 is 25.9 Å². The van der Waals surface area contributed by atoms with Crippen molar-refractivity contribution in [3.63, 3.8) is 0 Å². The second kappa shape index (κ2) is 6.47. The predicted octanol–water partition coefficient (Wildman–Crippen LogP) is 0.621. The van der Waals surface area contributed by atoms with E-state index in [9.17, 15) is 16.8 Å². The zero-order valence-corrected chi connectivity index (χ0v) is 14.4. The molecular formula is C10H15ClN2O5S3. The van der Waals surface area contributed by atoms with Gasteiger partial charge in [0.15, 0.2) is 18.5 Å². The molecule has 1 fully saturated rings. The van der Waals surface area contributed by atoms with Gasteiger partial charge in [-0.1, -0.05) is 22.9 Å². The van der Waals surface area contributed by atoms with Crippen molar-refractivity contribution in [2.75, 3.05) is 31.8 Å². The van der Waals surface area contributed by atoms with Crippen LogP contribution in [0.3, 0.4) is 0 Å². The number of halogens is 1. The van der Waals surface area contributed by atoms with E-state index in [0.29, 0.717) is 0 Å². The summed E-state index contributed by atoms with van der Waals surface area (Å²) in [6.07, 6.45) is 1.48. The lowest BCUT2D eigenvalue weighted by atomic mass is 10.3. The lowest BCUT2D eigenvalue weighted by molar-refractivity contribution is 0.169. The Kier molecular flexibility index (Phi) is 5.27. The number of rotatable bonds is 6. The highest BCUT2D eigenvalue weighted by Gasteiger charge is 2.39. The van der Waals surface area contributed by atoms with E-state index in [1.165, 1.54) is 17.6 Å². The van der Waals surface area contributed by atoms with Crippen molar-refractivity contribution in [2.24, 2.45) is 0 Å². The lowest BCUT2D eigenvalue weighted by Crippen LogP contribution is -2.42. The molecule has 0 saturated carbocycles. The van der Waals surface area contributed by atoms with E-state index >= 15 is 0 Å². The first-order valence-electron chi connectivity index (χ1n) is 6.09. The highest BCUT2D eigenvalue weighted by molar-refractivity contribution is 7.92. The molecular weight excluding hydrogens is 360 g/mol. The fourth-order valence-electron chi connectivity index (χ4n) is 2.16. The molecule has 1 aliphatic heterocycles. The Labute approximate surface area is 132 Å². The van der Waals surface area contributed by atoms with Crippen LogP contribution >= 0.6 is 22.9 Å². The van der Waals surface area contributed by atoms with Crippen molar-refractivity contribution in [3.05, 3.63) is 10.7 Å². The molecule has 0 aliphatic carbocycles. The largest absolute Gasteiger partial charge is 0.383 e.